The number of hydrogen-bond donors (Lipinski definition) is 2. The van der Waals surface area contributed by atoms with Gasteiger partial charge >= 0.3 is 5.97 Å². The van der Waals surface area contributed by atoms with Crippen molar-refractivity contribution in [3.05, 3.63) is 11.1 Å². The minimum absolute atomic E-state index is 0.0586. The van der Waals surface area contributed by atoms with E-state index in [2.05, 4.69) is 15.6 Å². The molecule has 8 heteroatoms. The second kappa shape index (κ2) is 9.27. The molecule has 1 amide bonds. The largest absolute Gasteiger partial charge is 0.461 e. The Balaban J connectivity index is 2.25. The Labute approximate surface area is 121 Å². The van der Waals surface area contributed by atoms with Gasteiger partial charge in [-0.25, -0.2) is 9.78 Å². The number of anilines is 1. The summed E-state index contributed by atoms with van der Waals surface area (Å²) in [5.41, 5.74) is 0.281. The van der Waals surface area contributed by atoms with Crippen LogP contribution in [0.1, 0.15) is 23.8 Å². The lowest BCUT2D eigenvalue weighted by atomic mass is 10.4. The van der Waals surface area contributed by atoms with Crippen LogP contribution in [0, 0.1) is 0 Å². The van der Waals surface area contributed by atoms with Crippen LogP contribution in [0.25, 0.3) is 0 Å². The SMILES string of the molecule is CCOC(=O)c1csc(NCCC(=O)NCCOC)n1. The molecule has 20 heavy (non-hydrogen) atoms. The molecular weight excluding hydrogens is 282 g/mol. The van der Waals surface area contributed by atoms with E-state index in [4.69, 9.17) is 9.47 Å². The number of carbonyl (C=O) groups excluding carboxylic acids is 2. The smallest absolute Gasteiger partial charge is 0.357 e. The van der Waals surface area contributed by atoms with E-state index in [1.807, 2.05) is 0 Å². The molecule has 7 nitrogen and oxygen atoms in total. The molecule has 0 radical (unpaired) electrons. The van der Waals surface area contributed by atoms with Crippen molar-refractivity contribution in [3.63, 3.8) is 0 Å². The van der Waals surface area contributed by atoms with Gasteiger partial charge in [0, 0.05) is 32.0 Å². The maximum Gasteiger partial charge on any atom is 0.357 e. The molecule has 1 aromatic rings. The van der Waals surface area contributed by atoms with Gasteiger partial charge in [-0.1, -0.05) is 0 Å². The molecule has 0 aromatic carbocycles. The third-order valence-electron chi connectivity index (χ3n) is 2.25. The lowest BCUT2D eigenvalue weighted by Gasteiger charge is -2.04. The van der Waals surface area contributed by atoms with E-state index in [9.17, 15) is 9.59 Å². The van der Waals surface area contributed by atoms with E-state index >= 15 is 0 Å². The molecular formula is C12H19N3O4S. The van der Waals surface area contributed by atoms with E-state index in [0.717, 1.165) is 0 Å². The fourth-order valence-corrected chi connectivity index (χ4v) is 2.03. The van der Waals surface area contributed by atoms with Crippen LogP contribution in [-0.4, -0.2) is 50.3 Å². The molecule has 0 fully saturated rings. The molecule has 0 aliphatic rings. The van der Waals surface area contributed by atoms with Crippen LogP contribution >= 0.6 is 11.3 Å². The van der Waals surface area contributed by atoms with Crippen molar-refractivity contribution < 1.29 is 19.1 Å². The second-order valence-corrected chi connectivity index (χ2v) is 4.64. The van der Waals surface area contributed by atoms with Crippen molar-refractivity contribution in [1.82, 2.24) is 10.3 Å². The van der Waals surface area contributed by atoms with Gasteiger partial charge < -0.3 is 20.1 Å². The minimum Gasteiger partial charge on any atom is -0.461 e. The van der Waals surface area contributed by atoms with Crippen molar-refractivity contribution in [2.24, 2.45) is 0 Å². The molecule has 0 spiro atoms. The third kappa shape index (κ3) is 5.98. The zero-order valence-electron chi connectivity index (χ0n) is 11.6. The van der Waals surface area contributed by atoms with E-state index < -0.39 is 5.97 Å². The first-order chi connectivity index (χ1) is 9.67. The van der Waals surface area contributed by atoms with Gasteiger partial charge in [0.05, 0.1) is 13.2 Å². The molecule has 0 aliphatic carbocycles. The summed E-state index contributed by atoms with van der Waals surface area (Å²) >= 11 is 1.30. The summed E-state index contributed by atoms with van der Waals surface area (Å²) in [6.07, 6.45) is 0.331. The predicted molar refractivity (Wildman–Crippen MR) is 76.1 cm³/mol. The van der Waals surface area contributed by atoms with Gasteiger partial charge in [0.2, 0.25) is 5.91 Å². The highest BCUT2D eigenvalue weighted by Gasteiger charge is 2.11. The number of thiazole rings is 1. The van der Waals surface area contributed by atoms with E-state index in [1.165, 1.54) is 11.3 Å². The topological polar surface area (TPSA) is 89.5 Å². The van der Waals surface area contributed by atoms with Crippen LogP contribution in [0.15, 0.2) is 5.38 Å². The first-order valence-corrected chi connectivity index (χ1v) is 7.17. The Hall–Kier alpha value is -1.67. The van der Waals surface area contributed by atoms with Crippen LogP contribution in [0.4, 0.5) is 5.13 Å². The molecule has 0 bridgehead atoms. The minimum atomic E-state index is -0.436. The Bertz CT molecular complexity index is 436. The summed E-state index contributed by atoms with van der Waals surface area (Å²) in [7, 11) is 1.58. The number of esters is 1. The van der Waals surface area contributed by atoms with Gasteiger partial charge in [-0.15, -0.1) is 11.3 Å². The Morgan fingerprint density at radius 3 is 2.90 bits per heavy atom. The highest BCUT2D eigenvalue weighted by Crippen LogP contribution is 2.15. The summed E-state index contributed by atoms with van der Waals surface area (Å²) in [5.74, 6) is -0.495. The van der Waals surface area contributed by atoms with Crippen molar-refractivity contribution in [2.75, 3.05) is 38.7 Å². The fourth-order valence-electron chi connectivity index (χ4n) is 1.32. The van der Waals surface area contributed by atoms with E-state index in [-0.39, 0.29) is 11.6 Å². The second-order valence-electron chi connectivity index (χ2n) is 3.78. The summed E-state index contributed by atoms with van der Waals surface area (Å²) in [6, 6.07) is 0. The fraction of sp³-hybridized carbons (Fsp3) is 0.583. The number of nitrogens with zero attached hydrogens (tertiary/aromatic N) is 1. The molecule has 2 N–H and O–H groups in total. The number of aromatic nitrogens is 1. The molecule has 0 aliphatic heterocycles. The number of hydrogen-bond acceptors (Lipinski definition) is 7. The molecule has 0 saturated carbocycles. The average molecular weight is 301 g/mol. The molecule has 1 heterocycles. The van der Waals surface area contributed by atoms with Crippen LogP contribution in [0.3, 0.4) is 0 Å². The Morgan fingerprint density at radius 1 is 1.40 bits per heavy atom. The van der Waals surface area contributed by atoms with E-state index in [1.54, 1.807) is 19.4 Å². The lowest BCUT2D eigenvalue weighted by Crippen LogP contribution is -2.28. The molecule has 1 rings (SSSR count). The van der Waals surface area contributed by atoms with Gasteiger partial charge in [0.15, 0.2) is 10.8 Å². The van der Waals surface area contributed by atoms with E-state index in [0.29, 0.717) is 37.9 Å². The van der Waals surface area contributed by atoms with Gasteiger partial charge in [0.25, 0.3) is 0 Å². The van der Waals surface area contributed by atoms with Gasteiger partial charge in [-0.2, -0.15) is 0 Å². The lowest BCUT2D eigenvalue weighted by molar-refractivity contribution is -0.121. The molecule has 0 unspecified atom stereocenters. The maximum atomic E-state index is 11.4. The predicted octanol–water partition coefficient (Wildman–Crippen LogP) is 0.884. The zero-order chi connectivity index (χ0) is 14.8. The first-order valence-electron chi connectivity index (χ1n) is 6.29. The number of rotatable bonds is 9. The summed E-state index contributed by atoms with van der Waals surface area (Å²) in [4.78, 5) is 26.9. The number of carbonyl (C=O) groups is 2. The standard InChI is InChI=1S/C12H19N3O4S/c1-3-19-11(17)9-8-20-12(15-9)14-5-4-10(16)13-6-7-18-2/h8H,3-7H2,1-2H3,(H,13,16)(H,14,15). The normalized spacial score (nSPS) is 10.1. The first kappa shape index (κ1) is 16.4. The van der Waals surface area contributed by atoms with Crippen molar-refractivity contribution >= 4 is 28.3 Å². The summed E-state index contributed by atoms with van der Waals surface area (Å²) < 4.78 is 9.67. The monoisotopic (exact) mass is 301 g/mol. The molecule has 0 atom stereocenters. The highest BCUT2D eigenvalue weighted by atomic mass is 32.1. The van der Waals surface area contributed by atoms with Gasteiger partial charge in [-0.3, -0.25) is 4.79 Å². The summed E-state index contributed by atoms with van der Waals surface area (Å²) in [5, 5.41) is 7.92. The van der Waals surface area contributed by atoms with Crippen LogP contribution in [-0.2, 0) is 14.3 Å². The van der Waals surface area contributed by atoms with Crippen LogP contribution < -0.4 is 10.6 Å². The van der Waals surface area contributed by atoms with Crippen molar-refractivity contribution in [3.8, 4) is 0 Å². The number of ether oxygens (including phenoxy) is 2. The Morgan fingerprint density at radius 2 is 2.20 bits per heavy atom. The maximum absolute atomic E-state index is 11.4. The molecule has 0 saturated heterocycles. The van der Waals surface area contributed by atoms with Crippen molar-refractivity contribution in [2.45, 2.75) is 13.3 Å². The van der Waals surface area contributed by atoms with Gasteiger partial charge in [-0.05, 0) is 6.92 Å². The summed E-state index contributed by atoms with van der Waals surface area (Å²) in [6.45, 7) is 3.51. The van der Waals surface area contributed by atoms with Crippen LogP contribution in [0.5, 0.6) is 0 Å². The average Bonchev–Trinajstić information content (AvgIpc) is 2.88. The van der Waals surface area contributed by atoms with Crippen molar-refractivity contribution in [1.29, 1.82) is 0 Å². The van der Waals surface area contributed by atoms with Crippen LogP contribution in [0.2, 0.25) is 0 Å². The number of methoxy groups -OCH3 is 1. The molecule has 112 valence electrons. The molecule has 1 aromatic heterocycles. The third-order valence-corrected chi connectivity index (χ3v) is 3.05. The number of amides is 1. The number of nitrogens with one attached hydrogen (secondary N) is 2. The highest BCUT2D eigenvalue weighted by molar-refractivity contribution is 7.13. The van der Waals surface area contributed by atoms with Gasteiger partial charge in [0.1, 0.15) is 0 Å². The quantitative estimate of drug-likeness (QED) is 0.520. The Kier molecular flexibility index (Phi) is 7.59. The zero-order valence-corrected chi connectivity index (χ0v) is 12.4.